The Balaban J connectivity index is 1.80. The van der Waals surface area contributed by atoms with Gasteiger partial charge in [0.25, 0.3) is 0 Å². The Kier molecular flexibility index (Phi) is 5.86. The molecule has 0 unspecified atom stereocenters. The maximum absolute atomic E-state index is 13.1. The van der Waals surface area contributed by atoms with E-state index < -0.39 is 12.0 Å². The lowest BCUT2D eigenvalue weighted by molar-refractivity contribution is -0.147. The van der Waals surface area contributed by atoms with Crippen LogP contribution in [0.3, 0.4) is 0 Å². The molecule has 1 aliphatic rings. The molecule has 0 radical (unpaired) electrons. The Labute approximate surface area is 180 Å². The summed E-state index contributed by atoms with van der Waals surface area (Å²) in [5.41, 5.74) is 4.71. The molecule has 1 aliphatic heterocycles. The fraction of sp³-hybridized carbons (Fsp3) is 0.200. The number of rotatable bonds is 5. The summed E-state index contributed by atoms with van der Waals surface area (Å²) in [5, 5.41) is 10.0. The number of halogens is 1. The molecule has 1 atom stereocenters. The van der Waals surface area contributed by atoms with Gasteiger partial charge in [-0.1, -0.05) is 72.3 Å². The van der Waals surface area contributed by atoms with Gasteiger partial charge in [-0.05, 0) is 52.8 Å². The van der Waals surface area contributed by atoms with Crippen molar-refractivity contribution in [3.05, 3.63) is 83.4 Å². The highest BCUT2D eigenvalue weighted by Gasteiger charge is 2.34. The number of amides is 1. The molecule has 0 spiro atoms. The Hall–Kier alpha value is -3.11. The molecule has 1 heterocycles. The highest BCUT2D eigenvalue weighted by molar-refractivity contribution is 6.31. The summed E-state index contributed by atoms with van der Waals surface area (Å²) in [6.45, 7) is 0.475. The quantitative estimate of drug-likeness (QED) is 0.611. The van der Waals surface area contributed by atoms with Crippen molar-refractivity contribution in [2.24, 2.45) is 0 Å². The monoisotopic (exact) mass is 419 g/mol. The van der Waals surface area contributed by atoms with Crippen molar-refractivity contribution in [2.45, 2.75) is 25.3 Å². The molecule has 0 bridgehead atoms. The first-order chi connectivity index (χ1) is 14.5. The zero-order valence-corrected chi connectivity index (χ0v) is 17.2. The van der Waals surface area contributed by atoms with Gasteiger partial charge in [-0.25, -0.2) is 4.79 Å². The number of aliphatic carboxylic acids is 1. The zero-order chi connectivity index (χ0) is 21.1. The van der Waals surface area contributed by atoms with Gasteiger partial charge in [0.15, 0.2) is 0 Å². The average molecular weight is 420 g/mol. The van der Waals surface area contributed by atoms with Gasteiger partial charge in [-0.15, -0.1) is 0 Å². The maximum atomic E-state index is 13.1. The van der Waals surface area contributed by atoms with E-state index in [2.05, 4.69) is 0 Å². The first-order valence-corrected chi connectivity index (χ1v) is 10.4. The van der Waals surface area contributed by atoms with Crippen molar-refractivity contribution in [1.82, 2.24) is 4.90 Å². The minimum Gasteiger partial charge on any atom is -0.480 e. The Bertz CT molecular complexity index is 1070. The molecular weight excluding hydrogens is 398 g/mol. The molecule has 4 rings (SSSR count). The number of carbonyl (C=O) groups excluding carboxylic acids is 1. The number of benzene rings is 3. The molecule has 1 saturated heterocycles. The van der Waals surface area contributed by atoms with Gasteiger partial charge < -0.3 is 10.0 Å². The van der Waals surface area contributed by atoms with Crippen LogP contribution in [0.4, 0.5) is 0 Å². The first kappa shape index (κ1) is 20.2. The second-order valence-corrected chi connectivity index (χ2v) is 7.92. The summed E-state index contributed by atoms with van der Waals surface area (Å²) in [4.78, 5) is 26.1. The lowest BCUT2D eigenvalue weighted by atomic mass is 9.89. The van der Waals surface area contributed by atoms with Crippen LogP contribution in [0.2, 0.25) is 5.02 Å². The van der Waals surface area contributed by atoms with Crippen LogP contribution in [0.1, 0.15) is 18.4 Å². The predicted octanol–water partition coefficient (Wildman–Crippen LogP) is 5.29. The summed E-state index contributed by atoms with van der Waals surface area (Å²) in [6.07, 6.45) is 1.31. The van der Waals surface area contributed by atoms with E-state index in [4.69, 9.17) is 11.6 Å². The molecule has 30 heavy (non-hydrogen) atoms. The van der Waals surface area contributed by atoms with Crippen LogP contribution >= 0.6 is 11.6 Å². The molecule has 1 N–H and O–H groups in total. The SMILES string of the molecule is O=C(O)[C@H]1CCCN1C(=O)Cc1cc(Cl)cc(-c2ccccc2)c1-c1ccccc1. The molecule has 3 aromatic rings. The van der Waals surface area contributed by atoms with E-state index in [1.54, 1.807) is 0 Å². The summed E-state index contributed by atoms with van der Waals surface area (Å²) in [7, 11) is 0. The van der Waals surface area contributed by atoms with E-state index >= 15 is 0 Å². The number of hydrogen-bond donors (Lipinski definition) is 1. The normalized spacial score (nSPS) is 15.9. The van der Waals surface area contributed by atoms with Gasteiger partial charge in [0.2, 0.25) is 5.91 Å². The Morgan fingerprint density at radius 1 is 0.967 bits per heavy atom. The highest BCUT2D eigenvalue weighted by Crippen LogP contribution is 2.38. The van der Waals surface area contributed by atoms with Gasteiger partial charge >= 0.3 is 5.97 Å². The summed E-state index contributed by atoms with van der Waals surface area (Å²) < 4.78 is 0. The minimum absolute atomic E-state index is 0.106. The van der Waals surface area contributed by atoms with Gasteiger partial charge in [0.05, 0.1) is 6.42 Å². The fourth-order valence-electron chi connectivity index (χ4n) is 4.18. The van der Waals surface area contributed by atoms with Crippen molar-refractivity contribution in [3.63, 3.8) is 0 Å². The molecular formula is C25H22ClNO3. The van der Waals surface area contributed by atoms with Crippen LogP contribution in [0, 0.1) is 0 Å². The van der Waals surface area contributed by atoms with Crippen LogP contribution < -0.4 is 0 Å². The Morgan fingerprint density at radius 2 is 1.60 bits per heavy atom. The smallest absolute Gasteiger partial charge is 0.326 e. The van der Waals surface area contributed by atoms with Gasteiger partial charge in [-0.3, -0.25) is 4.79 Å². The van der Waals surface area contributed by atoms with E-state index in [-0.39, 0.29) is 12.3 Å². The summed E-state index contributed by atoms with van der Waals surface area (Å²) in [6, 6.07) is 22.8. The largest absolute Gasteiger partial charge is 0.480 e. The second-order valence-electron chi connectivity index (χ2n) is 7.48. The number of carbonyl (C=O) groups is 2. The number of hydrogen-bond acceptors (Lipinski definition) is 2. The van der Waals surface area contributed by atoms with E-state index in [0.29, 0.717) is 24.4 Å². The fourth-order valence-corrected chi connectivity index (χ4v) is 4.42. The van der Waals surface area contributed by atoms with Crippen molar-refractivity contribution in [2.75, 3.05) is 6.54 Å². The average Bonchev–Trinajstić information content (AvgIpc) is 3.25. The molecule has 0 aromatic heterocycles. The van der Waals surface area contributed by atoms with E-state index in [0.717, 1.165) is 27.8 Å². The molecule has 152 valence electrons. The lowest BCUT2D eigenvalue weighted by Crippen LogP contribution is -2.41. The van der Waals surface area contributed by atoms with Crippen LogP contribution in [0.25, 0.3) is 22.3 Å². The third-order valence-electron chi connectivity index (χ3n) is 5.53. The van der Waals surface area contributed by atoms with Gasteiger partial charge in [-0.2, -0.15) is 0 Å². The lowest BCUT2D eigenvalue weighted by Gasteiger charge is -2.23. The number of nitrogens with zero attached hydrogens (tertiary/aromatic N) is 1. The maximum Gasteiger partial charge on any atom is 0.326 e. The molecule has 0 saturated carbocycles. The topological polar surface area (TPSA) is 57.6 Å². The van der Waals surface area contributed by atoms with Crippen molar-refractivity contribution in [3.8, 4) is 22.3 Å². The third kappa shape index (κ3) is 4.10. The van der Waals surface area contributed by atoms with Crippen LogP contribution in [0.15, 0.2) is 72.8 Å². The molecule has 0 aliphatic carbocycles. The standard InChI is InChI=1S/C25H22ClNO3/c26-20-14-19(15-23(28)27-13-7-12-22(27)25(29)30)24(18-10-5-2-6-11-18)21(16-20)17-8-3-1-4-9-17/h1-6,8-11,14,16,22H,7,12-13,15H2,(H,29,30)/t22-/m1/s1. The summed E-state index contributed by atoms with van der Waals surface area (Å²) >= 11 is 6.46. The molecule has 1 fully saturated rings. The predicted molar refractivity (Wildman–Crippen MR) is 118 cm³/mol. The Morgan fingerprint density at radius 3 is 2.23 bits per heavy atom. The van der Waals surface area contributed by atoms with Crippen LogP contribution in [-0.2, 0) is 16.0 Å². The molecule has 1 amide bonds. The molecule has 5 heteroatoms. The van der Waals surface area contributed by atoms with Crippen molar-refractivity contribution >= 4 is 23.5 Å². The highest BCUT2D eigenvalue weighted by atomic mass is 35.5. The van der Waals surface area contributed by atoms with E-state index in [9.17, 15) is 14.7 Å². The van der Waals surface area contributed by atoms with E-state index in [1.807, 2.05) is 72.8 Å². The number of carboxylic acids is 1. The van der Waals surface area contributed by atoms with Crippen molar-refractivity contribution < 1.29 is 14.7 Å². The first-order valence-electron chi connectivity index (χ1n) is 10.00. The molecule has 4 nitrogen and oxygen atoms in total. The zero-order valence-electron chi connectivity index (χ0n) is 16.4. The van der Waals surface area contributed by atoms with Crippen LogP contribution in [0.5, 0.6) is 0 Å². The summed E-state index contributed by atoms with van der Waals surface area (Å²) in [5.74, 6) is -1.13. The van der Waals surface area contributed by atoms with Gasteiger partial charge in [0, 0.05) is 11.6 Å². The van der Waals surface area contributed by atoms with Gasteiger partial charge in [0.1, 0.15) is 6.04 Å². The van der Waals surface area contributed by atoms with Crippen molar-refractivity contribution in [1.29, 1.82) is 0 Å². The number of carboxylic acid groups (broad SMARTS) is 1. The second kappa shape index (κ2) is 8.72. The van der Waals surface area contributed by atoms with Crippen LogP contribution in [-0.4, -0.2) is 34.5 Å². The van der Waals surface area contributed by atoms with E-state index in [1.165, 1.54) is 4.90 Å². The minimum atomic E-state index is -0.944. The number of likely N-dealkylation sites (tertiary alicyclic amines) is 1. The third-order valence-corrected chi connectivity index (χ3v) is 5.75. The molecule has 3 aromatic carbocycles.